The van der Waals surface area contributed by atoms with Gasteiger partial charge in [0.2, 0.25) is 0 Å². The molecule has 0 aromatic heterocycles. The monoisotopic (exact) mass is 270 g/mol. The number of hydrogen-bond acceptors (Lipinski definition) is 0. The summed E-state index contributed by atoms with van der Waals surface area (Å²) in [5.74, 6) is 0.855. The summed E-state index contributed by atoms with van der Waals surface area (Å²) >= 11 is 0. The van der Waals surface area contributed by atoms with Crippen LogP contribution in [0.15, 0.2) is 43.0 Å². The molecule has 0 N–H and O–H groups in total. The fraction of sp³-hybridized carbons (Fsp3) is 0.500. The van der Waals surface area contributed by atoms with Gasteiger partial charge in [0.1, 0.15) is 0 Å². The second kappa shape index (κ2) is 7.47. The summed E-state index contributed by atoms with van der Waals surface area (Å²) in [6.45, 7) is 14.7. The number of benzene rings is 1. The molecule has 110 valence electrons. The van der Waals surface area contributed by atoms with Crippen LogP contribution in [0.3, 0.4) is 0 Å². The minimum Gasteiger partial charge on any atom is -0.0991 e. The van der Waals surface area contributed by atoms with E-state index in [1.165, 1.54) is 36.0 Å². The van der Waals surface area contributed by atoms with Gasteiger partial charge in [-0.25, -0.2) is 0 Å². The first-order valence-corrected chi connectivity index (χ1v) is 8.08. The predicted octanol–water partition coefficient (Wildman–Crippen LogP) is 6.42. The molecule has 0 heterocycles. The second-order valence-corrected chi connectivity index (χ2v) is 5.45. The third-order valence-electron chi connectivity index (χ3n) is 4.61. The van der Waals surface area contributed by atoms with Crippen molar-refractivity contribution in [3.8, 4) is 0 Å². The van der Waals surface area contributed by atoms with Crippen LogP contribution >= 0.6 is 0 Å². The summed E-state index contributed by atoms with van der Waals surface area (Å²) in [5, 5.41) is 0. The third kappa shape index (κ3) is 3.06. The van der Waals surface area contributed by atoms with Gasteiger partial charge in [0.25, 0.3) is 0 Å². The van der Waals surface area contributed by atoms with E-state index in [2.05, 4.69) is 57.7 Å². The molecule has 0 nitrogen and oxygen atoms in total. The van der Waals surface area contributed by atoms with Crippen LogP contribution in [0, 0.1) is 18.3 Å². The predicted molar refractivity (Wildman–Crippen MR) is 91.8 cm³/mol. The van der Waals surface area contributed by atoms with Gasteiger partial charge >= 0.3 is 0 Å². The minimum atomic E-state index is 0.412. The number of hydrogen-bond donors (Lipinski definition) is 0. The highest BCUT2D eigenvalue weighted by Crippen LogP contribution is 2.64. The maximum atomic E-state index is 3.91. The van der Waals surface area contributed by atoms with Gasteiger partial charge in [-0.15, -0.1) is 0 Å². The van der Waals surface area contributed by atoms with Gasteiger partial charge in [-0.3, -0.25) is 0 Å². The molecule has 0 bridgehead atoms. The topological polar surface area (TPSA) is 0 Å². The highest BCUT2D eigenvalue weighted by atomic mass is 14.6. The number of aryl methyl sites for hydroxylation is 1. The molecule has 0 heteroatoms. The quantitative estimate of drug-likeness (QED) is 0.542. The molecule has 1 saturated carbocycles. The van der Waals surface area contributed by atoms with E-state index in [1.807, 2.05) is 19.9 Å². The molecule has 1 aliphatic carbocycles. The number of allylic oxidation sites excluding steroid dienone is 3. The minimum absolute atomic E-state index is 0.412. The molecule has 1 aliphatic rings. The van der Waals surface area contributed by atoms with E-state index in [9.17, 15) is 0 Å². The van der Waals surface area contributed by atoms with Crippen LogP contribution in [-0.2, 0) is 0 Å². The summed E-state index contributed by atoms with van der Waals surface area (Å²) in [5.41, 5.74) is 4.70. The third-order valence-corrected chi connectivity index (χ3v) is 4.61. The SMILES string of the molecule is C=C/C=C(\c1ccccc1C)C1(CC)CC1CC.CC. The van der Waals surface area contributed by atoms with E-state index in [4.69, 9.17) is 0 Å². The van der Waals surface area contributed by atoms with Crippen molar-refractivity contribution in [2.45, 2.75) is 53.9 Å². The lowest BCUT2D eigenvalue weighted by Gasteiger charge is -2.21. The van der Waals surface area contributed by atoms with E-state index >= 15 is 0 Å². The first-order valence-electron chi connectivity index (χ1n) is 8.08. The molecule has 1 aromatic rings. The largest absolute Gasteiger partial charge is 0.0991 e. The van der Waals surface area contributed by atoms with Crippen LogP contribution in [-0.4, -0.2) is 0 Å². The maximum absolute atomic E-state index is 3.91. The van der Waals surface area contributed by atoms with Crippen molar-refractivity contribution >= 4 is 5.57 Å². The average molecular weight is 270 g/mol. The standard InChI is InChI=1S/C18H24.C2H6/c1-5-10-17(16-12-9-8-11-14(16)4)18(7-3)13-15(18)6-2;1-2/h5,8-12,15H,1,6-7,13H2,2-4H3;1-2H3/b17-10+;. The van der Waals surface area contributed by atoms with Crippen molar-refractivity contribution in [2.24, 2.45) is 11.3 Å². The molecule has 0 saturated heterocycles. The van der Waals surface area contributed by atoms with Gasteiger partial charge in [0.15, 0.2) is 0 Å². The molecular weight excluding hydrogens is 240 g/mol. The molecule has 2 unspecified atom stereocenters. The first-order chi connectivity index (χ1) is 9.69. The molecule has 2 atom stereocenters. The van der Waals surface area contributed by atoms with Crippen LogP contribution < -0.4 is 0 Å². The van der Waals surface area contributed by atoms with Gasteiger partial charge in [0, 0.05) is 0 Å². The molecule has 1 fully saturated rings. The van der Waals surface area contributed by atoms with Crippen molar-refractivity contribution in [2.75, 3.05) is 0 Å². The van der Waals surface area contributed by atoms with Gasteiger partial charge in [-0.1, -0.05) is 77.1 Å². The van der Waals surface area contributed by atoms with E-state index < -0.39 is 0 Å². The van der Waals surface area contributed by atoms with Crippen molar-refractivity contribution in [3.05, 3.63) is 54.1 Å². The second-order valence-electron chi connectivity index (χ2n) is 5.45. The zero-order chi connectivity index (χ0) is 15.2. The Balaban J connectivity index is 0.000000956. The molecule has 20 heavy (non-hydrogen) atoms. The lowest BCUT2D eigenvalue weighted by molar-refractivity contribution is 0.554. The fourth-order valence-electron chi connectivity index (χ4n) is 3.39. The van der Waals surface area contributed by atoms with Gasteiger partial charge in [-0.05, 0) is 47.8 Å². The van der Waals surface area contributed by atoms with Crippen LogP contribution in [0.5, 0.6) is 0 Å². The van der Waals surface area contributed by atoms with Gasteiger partial charge in [0.05, 0.1) is 0 Å². The summed E-state index contributed by atoms with van der Waals surface area (Å²) in [7, 11) is 0. The van der Waals surface area contributed by atoms with Crippen molar-refractivity contribution in [1.29, 1.82) is 0 Å². The van der Waals surface area contributed by atoms with Gasteiger partial charge < -0.3 is 0 Å². The van der Waals surface area contributed by atoms with E-state index in [0.717, 1.165) is 5.92 Å². The highest BCUT2D eigenvalue weighted by molar-refractivity contribution is 5.76. The van der Waals surface area contributed by atoms with E-state index in [1.54, 1.807) is 0 Å². The zero-order valence-corrected chi connectivity index (χ0v) is 13.9. The van der Waals surface area contributed by atoms with Crippen molar-refractivity contribution in [3.63, 3.8) is 0 Å². The summed E-state index contributed by atoms with van der Waals surface area (Å²) in [6, 6.07) is 8.73. The van der Waals surface area contributed by atoms with Crippen LogP contribution in [0.4, 0.5) is 0 Å². The Morgan fingerprint density at radius 1 is 1.30 bits per heavy atom. The summed E-state index contributed by atoms with van der Waals surface area (Å²) < 4.78 is 0. The molecule has 0 amide bonds. The molecule has 0 radical (unpaired) electrons. The van der Waals surface area contributed by atoms with Crippen LogP contribution in [0.25, 0.3) is 5.57 Å². The number of rotatable bonds is 5. The lowest BCUT2D eigenvalue weighted by Crippen LogP contribution is -2.07. The highest BCUT2D eigenvalue weighted by Gasteiger charge is 2.53. The van der Waals surface area contributed by atoms with E-state index in [-0.39, 0.29) is 0 Å². The first kappa shape index (κ1) is 16.8. The van der Waals surface area contributed by atoms with E-state index in [0.29, 0.717) is 5.41 Å². The van der Waals surface area contributed by atoms with Crippen molar-refractivity contribution < 1.29 is 0 Å². The summed E-state index contributed by atoms with van der Waals surface area (Å²) in [6.07, 6.45) is 8.05. The van der Waals surface area contributed by atoms with Gasteiger partial charge in [-0.2, -0.15) is 0 Å². The molecular formula is C20H30. The normalized spacial score (nSPS) is 24.6. The fourth-order valence-corrected chi connectivity index (χ4v) is 3.39. The smallest absolute Gasteiger partial charge is 0.00122 e. The Hall–Kier alpha value is -1.30. The molecule has 0 spiro atoms. The Bertz CT molecular complexity index is 467. The Labute approximate surface area is 125 Å². The molecule has 2 rings (SSSR count). The lowest BCUT2D eigenvalue weighted by atomic mass is 9.83. The summed E-state index contributed by atoms with van der Waals surface area (Å²) in [4.78, 5) is 0. The Kier molecular flexibility index (Phi) is 6.26. The Morgan fingerprint density at radius 2 is 1.95 bits per heavy atom. The average Bonchev–Trinajstić information content (AvgIpc) is 3.23. The zero-order valence-electron chi connectivity index (χ0n) is 13.9. The molecule has 0 aliphatic heterocycles. The molecule has 1 aromatic carbocycles. The van der Waals surface area contributed by atoms with Crippen molar-refractivity contribution in [1.82, 2.24) is 0 Å². The maximum Gasteiger partial charge on any atom is -0.00122 e. The Morgan fingerprint density at radius 3 is 2.40 bits per heavy atom. The van der Waals surface area contributed by atoms with Crippen LogP contribution in [0.2, 0.25) is 0 Å². The van der Waals surface area contributed by atoms with Crippen LogP contribution in [0.1, 0.15) is 58.1 Å².